The van der Waals surface area contributed by atoms with Crippen LogP contribution in [-0.2, 0) is 0 Å². The lowest BCUT2D eigenvalue weighted by molar-refractivity contribution is 0.105. The summed E-state index contributed by atoms with van der Waals surface area (Å²) in [6.45, 7) is 0. The molecule has 0 amide bonds. The SMILES string of the molecule is Oc1ccc(C2CCC(CCCCC3CCC(O)CC3)CC2)c(P)c1O. The van der Waals surface area contributed by atoms with E-state index in [4.69, 9.17) is 0 Å². The van der Waals surface area contributed by atoms with E-state index in [1.54, 1.807) is 6.07 Å². The lowest BCUT2D eigenvalue weighted by Crippen LogP contribution is -2.18. The molecule has 0 aliphatic heterocycles. The van der Waals surface area contributed by atoms with Crippen LogP contribution in [0, 0.1) is 11.8 Å². The lowest BCUT2D eigenvalue weighted by Gasteiger charge is -2.30. The van der Waals surface area contributed by atoms with Gasteiger partial charge in [0, 0.05) is 5.30 Å². The van der Waals surface area contributed by atoms with Gasteiger partial charge in [0.1, 0.15) is 0 Å². The standard InChI is InChI=1S/C22H35O3P/c23-18-11-7-16(8-12-18)4-2-1-3-15-5-9-17(10-6-15)19-13-14-20(24)21(25)22(19)26/h13-18,23-25H,1-12,26H2. The number of phenolic OH excluding ortho intramolecular Hbond substituents is 2. The maximum absolute atomic E-state index is 9.95. The van der Waals surface area contributed by atoms with Crippen LogP contribution in [0.15, 0.2) is 12.1 Å². The largest absolute Gasteiger partial charge is 0.504 e. The summed E-state index contributed by atoms with van der Waals surface area (Å²) in [5, 5.41) is 29.9. The number of benzene rings is 1. The van der Waals surface area contributed by atoms with Crippen molar-refractivity contribution in [1.29, 1.82) is 0 Å². The summed E-state index contributed by atoms with van der Waals surface area (Å²) in [5.41, 5.74) is 1.18. The van der Waals surface area contributed by atoms with Crippen molar-refractivity contribution >= 4 is 14.5 Å². The minimum absolute atomic E-state index is 0.0184. The minimum Gasteiger partial charge on any atom is -0.504 e. The zero-order valence-electron chi connectivity index (χ0n) is 15.9. The summed E-state index contributed by atoms with van der Waals surface area (Å²) in [6, 6.07) is 3.60. The van der Waals surface area contributed by atoms with Crippen LogP contribution in [0.5, 0.6) is 11.5 Å². The first kappa shape index (κ1) is 20.0. The van der Waals surface area contributed by atoms with Gasteiger partial charge < -0.3 is 15.3 Å². The summed E-state index contributed by atoms with van der Waals surface area (Å²) in [6.07, 6.45) is 14.8. The fourth-order valence-electron chi connectivity index (χ4n) is 5.03. The highest BCUT2D eigenvalue weighted by molar-refractivity contribution is 7.28. The Kier molecular flexibility index (Phi) is 7.23. The number of aromatic hydroxyl groups is 2. The van der Waals surface area contributed by atoms with Gasteiger partial charge in [0.05, 0.1) is 6.10 Å². The van der Waals surface area contributed by atoms with E-state index < -0.39 is 0 Å². The Bertz CT molecular complexity index is 573. The first-order valence-corrected chi connectivity index (χ1v) is 11.1. The molecule has 0 bridgehead atoms. The van der Waals surface area contributed by atoms with Crippen molar-refractivity contribution in [3.8, 4) is 11.5 Å². The number of aliphatic hydroxyl groups is 1. The predicted molar refractivity (Wildman–Crippen MR) is 110 cm³/mol. The van der Waals surface area contributed by atoms with Crippen LogP contribution < -0.4 is 5.30 Å². The third-order valence-corrected chi connectivity index (χ3v) is 7.41. The Morgan fingerprint density at radius 1 is 0.808 bits per heavy atom. The third kappa shape index (κ3) is 5.14. The van der Waals surface area contributed by atoms with E-state index in [2.05, 4.69) is 9.24 Å². The number of hydrogen-bond donors (Lipinski definition) is 3. The molecular weight excluding hydrogens is 343 g/mol. The smallest absolute Gasteiger partial charge is 0.165 e. The quantitative estimate of drug-likeness (QED) is 0.371. The Morgan fingerprint density at radius 2 is 1.35 bits per heavy atom. The second-order valence-corrected chi connectivity index (χ2v) is 9.19. The highest BCUT2D eigenvalue weighted by Crippen LogP contribution is 2.40. The van der Waals surface area contributed by atoms with Crippen molar-refractivity contribution in [3.63, 3.8) is 0 Å². The molecule has 2 saturated carbocycles. The van der Waals surface area contributed by atoms with Gasteiger partial charge in [0.2, 0.25) is 0 Å². The van der Waals surface area contributed by atoms with Crippen molar-refractivity contribution in [1.82, 2.24) is 0 Å². The first-order valence-electron chi connectivity index (χ1n) is 10.5. The molecule has 1 unspecified atom stereocenters. The second-order valence-electron chi connectivity index (χ2n) is 8.61. The molecule has 1 aromatic carbocycles. The number of phenols is 2. The molecule has 0 heterocycles. The van der Waals surface area contributed by atoms with Gasteiger partial charge >= 0.3 is 0 Å². The average molecular weight is 378 g/mol. The number of unbranched alkanes of at least 4 members (excludes halogenated alkanes) is 1. The summed E-state index contributed by atoms with van der Waals surface area (Å²) in [5.74, 6) is 2.22. The van der Waals surface area contributed by atoms with Gasteiger partial charge in [-0.15, -0.1) is 9.24 Å². The monoisotopic (exact) mass is 378 g/mol. The molecule has 1 atom stereocenters. The van der Waals surface area contributed by atoms with Crippen molar-refractivity contribution in [2.75, 3.05) is 0 Å². The minimum atomic E-state index is -0.0287. The first-order chi connectivity index (χ1) is 12.5. The van der Waals surface area contributed by atoms with Crippen LogP contribution in [0.4, 0.5) is 0 Å². The van der Waals surface area contributed by atoms with Gasteiger partial charge in [-0.2, -0.15) is 0 Å². The van der Waals surface area contributed by atoms with Crippen LogP contribution >= 0.6 is 9.24 Å². The van der Waals surface area contributed by atoms with Crippen LogP contribution in [0.25, 0.3) is 0 Å². The molecule has 26 heavy (non-hydrogen) atoms. The van der Waals surface area contributed by atoms with Gasteiger partial charge in [-0.25, -0.2) is 0 Å². The maximum Gasteiger partial charge on any atom is 0.165 e. The molecule has 1 aromatic rings. The van der Waals surface area contributed by atoms with Gasteiger partial charge in [-0.05, 0) is 80.8 Å². The normalized spacial score (nSPS) is 29.6. The molecule has 3 N–H and O–H groups in total. The molecule has 3 rings (SSSR count). The van der Waals surface area contributed by atoms with Crippen LogP contribution in [0.2, 0.25) is 0 Å². The van der Waals surface area contributed by atoms with E-state index in [1.807, 2.05) is 6.07 Å². The number of rotatable bonds is 6. The van der Waals surface area contributed by atoms with Crippen molar-refractivity contribution < 1.29 is 15.3 Å². The van der Waals surface area contributed by atoms with Crippen LogP contribution in [0.3, 0.4) is 0 Å². The summed E-state index contributed by atoms with van der Waals surface area (Å²) < 4.78 is 0. The molecule has 4 heteroatoms. The van der Waals surface area contributed by atoms with Crippen LogP contribution in [0.1, 0.15) is 88.5 Å². The molecule has 2 aliphatic carbocycles. The van der Waals surface area contributed by atoms with E-state index >= 15 is 0 Å². The van der Waals surface area contributed by atoms with E-state index in [0.717, 1.165) is 30.0 Å². The highest BCUT2D eigenvalue weighted by atomic mass is 31.0. The molecule has 2 fully saturated rings. The lowest BCUT2D eigenvalue weighted by atomic mass is 9.76. The van der Waals surface area contributed by atoms with Gasteiger partial charge in [0.25, 0.3) is 0 Å². The fraction of sp³-hybridized carbons (Fsp3) is 0.727. The molecule has 146 valence electrons. The molecule has 2 aliphatic rings. The zero-order valence-corrected chi connectivity index (χ0v) is 17.0. The maximum atomic E-state index is 9.95. The Hall–Kier alpha value is -0.790. The fourth-order valence-corrected chi connectivity index (χ4v) is 5.51. The van der Waals surface area contributed by atoms with Gasteiger partial charge in [-0.3, -0.25) is 0 Å². The molecule has 0 spiro atoms. The highest BCUT2D eigenvalue weighted by Gasteiger charge is 2.25. The number of aliphatic hydroxyl groups excluding tert-OH is 1. The Balaban J connectivity index is 1.36. The predicted octanol–water partition coefficient (Wildman–Crippen LogP) is 4.98. The third-order valence-electron chi connectivity index (χ3n) is 6.81. The number of hydrogen-bond acceptors (Lipinski definition) is 3. The molecular formula is C22H35O3P. The Morgan fingerprint density at radius 3 is 1.92 bits per heavy atom. The van der Waals surface area contributed by atoms with Crippen LogP contribution in [-0.4, -0.2) is 21.4 Å². The summed E-state index contributed by atoms with van der Waals surface area (Å²) in [7, 11) is 2.60. The summed E-state index contributed by atoms with van der Waals surface area (Å²) in [4.78, 5) is 0. The second kappa shape index (κ2) is 9.42. The van der Waals surface area contributed by atoms with E-state index in [-0.39, 0.29) is 17.6 Å². The van der Waals surface area contributed by atoms with E-state index in [0.29, 0.717) is 5.92 Å². The Labute approximate surface area is 160 Å². The zero-order chi connectivity index (χ0) is 18.5. The van der Waals surface area contributed by atoms with Crippen molar-refractivity contribution in [2.24, 2.45) is 11.8 Å². The molecule has 0 saturated heterocycles. The molecule has 0 aromatic heterocycles. The molecule has 0 radical (unpaired) electrons. The molecule has 3 nitrogen and oxygen atoms in total. The van der Waals surface area contributed by atoms with Gasteiger partial charge in [-0.1, -0.05) is 31.7 Å². The average Bonchev–Trinajstić information content (AvgIpc) is 2.66. The van der Waals surface area contributed by atoms with E-state index in [9.17, 15) is 15.3 Å². The van der Waals surface area contributed by atoms with E-state index in [1.165, 1.54) is 69.8 Å². The van der Waals surface area contributed by atoms with Crippen molar-refractivity contribution in [3.05, 3.63) is 17.7 Å². The van der Waals surface area contributed by atoms with Crippen molar-refractivity contribution in [2.45, 2.75) is 89.1 Å². The summed E-state index contributed by atoms with van der Waals surface area (Å²) >= 11 is 0. The van der Waals surface area contributed by atoms with Gasteiger partial charge in [0.15, 0.2) is 11.5 Å². The topological polar surface area (TPSA) is 60.7 Å².